The zero-order valence-corrected chi connectivity index (χ0v) is 13.1. The van der Waals surface area contributed by atoms with Crippen LogP contribution in [0.4, 0.5) is 17.3 Å². The van der Waals surface area contributed by atoms with E-state index in [9.17, 15) is 4.79 Å². The van der Waals surface area contributed by atoms with Gasteiger partial charge in [0.25, 0.3) is 0 Å². The Morgan fingerprint density at radius 1 is 1.32 bits per heavy atom. The van der Waals surface area contributed by atoms with Crippen molar-refractivity contribution in [2.45, 2.75) is 6.54 Å². The molecule has 7 nitrogen and oxygen atoms in total. The Balaban J connectivity index is 1.88. The summed E-state index contributed by atoms with van der Waals surface area (Å²) in [7, 11) is 1.80. The van der Waals surface area contributed by atoms with Crippen molar-refractivity contribution in [3.05, 3.63) is 34.3 Å². The molecule has 0 unspecified atom stereocenters. The van der Waals surface area contributed by atoms with Crippen LogP contribution in [0.3, 0.4) is 0 Å². The molecule has 22 heavy (non-hydrogen) atoms. The third-order valence-corrected chi connectivity index (χ3v) is 3.87. The fourth-order valence-electron chi connectivity index (χ4n) is 2.16. The van der Waals surface area contributed by atoms with Crippen molar-refractivity contribution < 1.29 is 4.79 Å². The SMILES string of the molecule is CN1CC(=O)Nc2c(NCc3c(Cl)cncc3Cl)ncnc21. The third-order valence-electron chi connectivity index (χ3n) is 3.22. The predicted molar refractivity (Wildman–Crippen MR) is 85.5 cm³/mol. The summed E-state index contributed by atoms with van der Waals surface area (Å²) < 4.78 is 0. The second-order valence-electron chi connectivity index (χ2n) is 4.76. The van der Waals surface area contributed by atoms with E-state index in [1.807, 2.05) is 0 Å². The van der Waals surface area contributed by atoms with Gasteiger partial charge in [0.15, 0.2) is 11.6 Å². The number of fused-ring (bicyclic) bond motifs is 1. The van der Waals surface area contributed by atoms with Crippen molar-refractivity contribution in [3.8, 4) is 0 Å². The summed E-state index contributed by atoms with van der Waals surface area (Å²) in [6, 6.07) is 0. The van der Waals surface area contributed by atoms with Crippen LogP contribution in [0.5, 0.6) is 0 Å². The second kappa shape index (κ2) is 5.94. The van der Waals surface area contributed by atoms with E-state index in [0.29, 0.717) is 39.5 Å². The van der Waals surface area contributed by atoms with E-state index in [2.05, 4.69) is 25.6 Å². The number of nitrogens with zero attached hydrogens (tertiary/aromatic N) is 4. The van der Waals surface area contributed by atoms with Crippen molar-refractivity contribution in [3.63, 3.8) is 0 Å². The van der Waals surface area contributed by atoms with Crippen molar-refractivity contribution >= 4 is 46.4 Å². The van der Waals surface area contributed by atoms with Crippen LogP contribution in [0.2, 0.25) is 10.0 Å². The Labute approximate surface area is 136 Å². The van der Waals surface area contributed by atoms with Crippen LogP contribution in [0, 0.1) is 0 Å². The smallest absolute Gasteiger partial charge is 0.244 e. The van der Waals surface area contributed by atoms with Gasteiger partial charge in [0.1, 0.15) is 12.0 Å². The number of pyridine rings is 1. The maximum atomic E-state index is 11.7. The molecule has 9 heteroatoms. The van der Waals surface area contributed by atoms with Crippen LogP contribution in [0.25, 0.3) is 0 Å². The highest BCUT2D eigenvalue weighted by atomic mass is 35.5. The van der Waals surface area contributed by atoms with E-state index in [1.165, 1.54) is 18.7 Å². The number of likely N-dealkylation sites (N-methyl/N-ethyl adjacent to an activating group) is 1. The number of aromatic nitrogens is 3. The molecule has 3 rings (SSSR count). The molecule has 2 N–H and O–H groups in total. The van der Waals surface area contributed by atoms with E-state index in [4.69, 9.17) is 23.2 Å². The van der Waals surface area contributed by atoms with Gasteiger partial charge < -0.3 is 15.5 Å². The molecule has 0 saturated carbocycles. The number of amides is 1. The second-order valence-corrected chi connectivity index (χ2v) is 5.57. The molecular weight excluding hydrogens is 327 g/mol. The number of carbonyl (C=O) groups is 1. The fraction of sp³-hybridized carbons (Fsp3) is 0.231. The minimum absolute atomic E-state index is 0.118. The molecule has 1 aliphatic heterocycles. The fourth-order valence-corrected chi connectivity index (χ4v) is 2.66. The zero-order valence-electron chi connectivity index (χ0n) is 11.6. The Morgan fingerprint density at radius 2 is 2.05 bits per heavy atom. The highest BCUT2D eigenvalue weighted by Crippen LogP contribution is 2.32. The first kappa shape index (κ1) is 14.8. The van der Waals surface area contributed by atoms with Crippen LogP contribution < -0.4 is 15.5 Å². The lowest BCUT2D eigenvalue weighted by molar-refractivity contribution is -0.115. The van der Waals surface area contributed by atoms with Gasteiger partial charge in [0.2, 0.25) is 5.91 Å². The van der Waals surface area contributed by atoms with Gasteiger partial charge in [-0.05, 0) is 0 Å². The van der Waals surface area contributed by atoms with Gasteiger partial charge in [-0.1, -0.05) is 23.2 Å². The van der Waals surface area contributed by atoms with Crippen molar-refractivity contribution in [1.29, 1.82) is 0 Å². The molecule has 0 saturated heterocycles. The van der Waals surface area contributed by atoms with Gasteiger partial charge in [-0.3, -0.25) is 9.78 Å². The normalized spacial score (nSPS) is 13.6. The molecule has 2 aromatic heterocycles. The van der Waals surface area contributed by atoms with Crippen LogP contribution in [-0.2, 0) is 11.3 Å². The van der Waals surface area contributed by atoms with E-state index >= 15 is 0 Å². The molecule has 0 spiro atoms. The maximum Gasteiger partial charge on any atom is 0.244 e. The van der Waals surface area contributed by atoms with E-state index in [1.54, 1.807) is 11.9 Å². The van der Waals surface area contributed by atoms with Crippen molar-refractivity contribution in [2.75, 3.05) is 29.1 Å². The molecular formula is C13H12Cl2N6O. The van der Waals surface area contributed by atoms with E-state index in [0.717, 1.165) is 0 Å². The lowest BCUT2D eigenvalue weighted by Gasteiger charge is -2.27. The molecule has 1 aliphatic rings. The third kappa shape index (κ3) is 2.77. The summed E-state index contributed by atoms with van der Waals surface area (Å²) in [4.78, 5) is 25.7. The van der Waals surface area contributed by atoms with Crippen LogP contribution in [0.1, 0.15) is 5.56 Å². The average molecular weight is 339 g/mol. The molecule has 0 aliphatic carbocycles. The van der Waals surface area contributed by atoms with E-state index < -0.39 is 0 Å². The minimum atomic E-state index is -0.118. The maximum absolute atomic E-state index is 11.7. The number of carbonyl (C=O) groups excluding carboxylic acids is 1. The first-order valence-corrected chi connectivity index (χ1v) is 7.19. The van der Waals surface area contributed by atoms with Gasteiger partial charge in [0, 0.05) is 31.5 Å². The summed E-state index contributed by atoms with van der Waals surface area (Å²) >= 11 is 12.2. The van der Waals surface area contributed by atoms with Gasteiger partial charge in [-0.25, -0.2) is 9.97 Å². The van der Waals surface area contributed by atoms with E-state index in [-0.39, 0.29) is 12.5 Å². The zero-order chi connectivity index (χ0) is 15.7. The van der Waals surface area contributed by atoms with Gasteiger partial charge in [-0.2, -0.15) is 0 Å². The van der Waals surface area contributed by atoms with Gasteiger partial charge >= 0.3 is 0 Å². The highest BCUT2D eigenvalue weighted by molar-refractivity contribution is 6.35. The Bertz CT molecular complexity index is 718. The number of hydrogen-bond acceptors (Lipinski definition) is 6. The molecule has 0 aromatic carbocycles. The molecule has 0 fully saturated rings. The first-order chi connectivity index (χ1) is 10.6. The number of rotatable bonds is 3. The van der Waals surface area contributed by atoms with Crippen LogP contribution >= 0.6 is 23.2 Å². The van der Waals surface area contributed by atoms with Crippen LogP contribution in [0.15, 0.2) is 18.7 Å². The average Bonchev–Trinajstić information content (AvgIpc) is 2.47. The first-order valence-electron chi connectivity index (χ1n) is 6.44. The molecule has 0 atom stereocenters. The number of nitrogens with one attached hydrogen (secondary N) is 2. The molecule has 0 bridgehead atoms. The number of hydrogen-bond donors (Lipinski definition) is 2. The highest BCUT2D eigenvalue weighted by Gasteiger charge is 2.23. The number of anilines is 3. The molecule has 0 radical (unpaired) electrons. The molecule has 3 heterocycles. The van der Waals surface area contributed by atoms with Crippen molar-refractivity contribution in [1.82, 2.24) is 15.0 Å². The summed E-state index contributed by atoms with van der Waals surface area (Å²) in [6.45, 7) is 0.606. The lowest BCUT2D eigenvalue weighted by Crippen LogP contribution is -2.36. The van der Waals surface area contributed by atoms with Gasteiger partial charge in [0.05, 0.1) is 16.6 Å². The standard InChI is InChI=1S/C13H12Cl2N6O/c1-21-5-10(22)20-11-12(18-6-19-13(11)21)17-2-7-8(14)3-16-4-9(7)15/h3-4,6H,2,5H2,1H3,(H,20,22)(H,17,18,19). The summed E-state index contributed by atoms with van der Waals surface area (Å²) in [5, 5.41) is 6.82. The topological polar surface area (TPSA) is 83.0 Å². The summed E-state index contributed by atoms with van der Waals surface area (Å²) in [5.41, 5.74) is 1.25. The molecule has 2 aromatic rings. The summed E-state index contributed by atoms with van der Waals surface area (Å²) in [5.74, 6) is 1.05. The lowest BCUT2D eigenvalue weighted by atomic mass is 10.2. The largest absolute Gasteiger partial charge is 0.364 e. The quantitative estimate of drug-likeness (QED) is 0.892. The monoisotopic (exact) mass is 338 g/mol. The molecule has 114 valence electrons. The molecule has 1 amide bonds. The minimum Gasteiger partial charge on any atom is -0.364 e. The van der Waals surface area contributed by atoms with Crippen LogP contribution in [-0.4, -0.2) is 34.5 Å². The Kier molecular flexibility index (Phi) is 4.00. The Hall–Kier alpha value is -2.12. The van der Waals surface area contributed by atoms with Gasteiger partial charge in [-0.15, -0.1) is 0 Å². The number of halogens is 2. The summed E-state index contributed by atoms with van der Waals surface area (Å²) in [6.07, 6.45) is 4.48. The predicted octanol–water partition coefficient (Wildman–Crippen LogP) is 2.18. The van der Waals surface area contributed by atoms with Crippen molar-refractivity contribution in [2.24, 2.45) is 0 Å². The Morgan fingerprint density at radius 3 is 2.77 bits per heavy atom.